The maximum absolute atomic E-state index is 10.1. The standard InChI is InChI=1S/C85H71BN2O/c1-82(2,3)60-45-59(46-61(49-60)83(4,5)6)58-42-44-72-76(48-58)88(81-66(55-29-15-11-16-30-55)50-62(84(7,8)9)51-67(81)56-31-17-12-18-32-56)77-53-63(87-74-37-23-19-33-64(74)65-34-20-24-38-75(65)87)52-71-80(77)86(72)73-47-57(54-27-13-10-14-28-54)41-43-68(73)85(71)69-35-21-25-39-78(69)89-79-40-26-22-36-70(79)85/h10-53H,1-9H3/i10D,13D,14D,19D,20D,23D,24D,27D,28D,33D,34D,37D,38D. The van der Waals surface area contributed by atoms with Crippen LogP contribution in [0, 0.1) is 0 Å². The van der Waals surface area contributed by atoms with Crippen LogP contribution in [0.15, 0.2) is 267 Å². The number of anilines is 3. The topological polar surface area (TPSA) is 17.4 Å². The van der Waals surface area contributed by atoms with Gasteiger partial charge in [-0.3, -0.25) is 0 Å². The second-order valence-corrected chi connectivity index (χ2v) is 27.1. The molecule has 4 heterocycles. The average molecular weight is 1160 g/mol. The van der Waals surface area contributed by atoms with E-state index in [-0.39, 0.29) is 55.7 Å². The molecular weight excluding hydrogens is 1080 g/mol. The fraction of sp³-hybridized carbons (Fsp3) is 0.153. The summed E-state index contributed by atoms with van der Waals surface area (Å²) in [5.41, 5.74) is 14.8. The number of benzene rings is 12. The maximum atomic E-state index is 10.1. The van der Waals surface area contributed by atoms with Crippen LogP contribution in [0.25, 0.3) is 72.0 Å². The Morgan fingerprint density at radius 1 is 0.382 bits per heavy atom. The van der Waals surface area contributed by atoms with Gasteiger partial charge in [0.2, 0.25) is 6.71 Å². The predicted molar refractivity (Wildman–Crippen MR) is 376 cm³/mol. The summed E-state index contributed by atoms with van der Waals surface area (Å²) in [4.78, 5) is 2.36. The summed E-state index contributed by atoms with van der Waals surface area (Å²) in [5, 5.41) is -0.132. The molecule has 1 aromatic heterocycles. The average Bonchev–Trinajstić information content (AvgIpc) is 0.761. The fourth-order valence-electron chi connectivity index (χ4n) is 14.3. The summed E-state index contributed by atoms with van der Waals surface area (Å²) < 4.78 is 131. The number of nitrogens with zero attached hydrogens (tertiary/aromatic N) is 2. The zero-order valence-electron chi connectivity index (χ0n) is 64.3. The van der Waals surface area contributed by atoms with Gasteiger partial charge in [-0.05, 0) is 143 Å². The zero-order valence-corrected chi connectivity index (χ0v) is 51.3. The molecule has 3 aliphatic heterocycles. The highest BCUT2D eigenvalue weighted by atomic mass is 16.5. The second-order valence-electron chi connectivity index (χ2n) is 27.1. The van der Waals surface area contributed by atoms with E-state index in [0.29, 0.717) is 34.0 Å². The largest absolute Gasteiger partial charge is 0.457 e. The number of para-hydroxylation sites is 4. The third-order valence-electron chi connectivity index (χ3n) is 18.7. The van der Waals surface area contributed by atoms with E-state index < -0.39 is 78.6 Å². The maximum Gasteiger partial charge on any atom is 0.247 e. The molecule has 0 saturated carbocycles. The van der Waals surface area contributed by atoms with Crippen molar-refractivity contribution in [3.05, 3.63) is 306 Å². The van der Waals surface area contributed by atoms with E-state index in [2.05, 4.69) is 152 Å². The Morgan fingerprint density at radius 2 is 0.888 bits per heavy atom. The van der Waals surface area contributed by atoms with E-state index in [1.54, 1.807) is 4.57 Å². The van der Waals surface area contributed by atoms with Gasteiger partial charge in [0.25, 0.3) is 0 Å². The van der Waals surface area contributed by atoms with Crippen LogP contribution in [-0.2, 0) is 21.7 Å². The van der Waals surface area contributed by atoms with Crippen LogP contribution < -0.4 is 26.0 Å². The summed E-state index contributed by atoms with van der Waals surface area (Å²) in [6.45, 7) is 19.3. The first-order chi connectivity index (χ1) is 48.4. The lowest BCUT2D eigenvalue weighted by atomic mass is 9.29. The minimum Gasteiger partial charge on any atom is -0.457 e. The molecule has 0 N–H and O–H groups in total. The molecule has 1 spiro atoms. The minimum atomic E-state index is -1.41. The Hall–Kier alpha value is -9.90. The second kappa shape index (κ2) is 20.1. The predicted octanol–water partition coefficient (Wildman–Crippen LogP) is 20.4. The highest BCUT2D eigenvalue weighted by Crippen LogP contribution is 2.59. The molecule has 0 saturated heterocycles. The number of aromatic nitrogens is 1. The molecule has 0 fully saturated rings. The van der Waals surface area contributed by atoms with E-state index in [1.165, 1.54) is 0 Å². The van der Waals surface area contributed by atoms with Gasteiger partial charge >= 0.3 is 0 Å². The first-order valence-electron chi connectivity index (χ1n) is 37.1. The zero-order chi connectivity index (χ0) is 72.0. The molecule has 0 aliphatic carbocycles. The molecule has 3 aliphatic rings. The van der Waals surface area contributed by atoms with Gasteiger partial charge in [-0.15, -0.1) is 0 Å². The Labute approximate surface area is 542 Å². The lowest BCUT2D eigenvalue weighted by molar-refractivity contribution is 0.435. The molecule has 12 aromatic carbocycles. The number of hydrogen-bond donors (Lipinski definition) is 0. The molecule has 3 nitrogen and oxygen atoms in total. The summed E-state index contributed by atoms with van der Waals surface area (Å²) in [6.07, 6.45) is 0. The van der Waals surface area contributed by atoms with Gasteiger partial charge in [0.05, 0.1) is 40.0 Å². The smallest absolute Gasteiger partial charge is 0.247 e. The minimum absolute atomic E-state index is 0.0350. The van der Waals surface area contributed by atoms with Crippen LogP contribution in [0.3, 0.4) is 0 Å². The van der Waals surface area contributed by atoms with Gasteiger partial charge in [-0.25, -0.2) is 0 Å². The quantitative estimate of drug-likeness (QED) is 0.154. The van der Waals surface area contributed by atoms with Gasteiger partial charge < -0.3 is 14.2 Å². The van der Waals surface area contributed by atoms with Crippen molar-refractivity contribution in [3.63, 3.8) is 0 Å². The van der Waals surface area contributed by atoms with Crippen LogP contribution in [0.2, 0.25) is 0 Å². The molecule has 0 radical (unpaired) electrons. The van der Waals surface area contributed by atoms with Crippen LogP contribution in [0.1, 0.15) is 119 Å². The first-order valence-corrected chi connectivity index (χ1v) is 30.6. The van der Waals surface area contributed by atoms with Crippen molar-refractivity contribution in [2.75, 3.05) is 4.90 Å². The number of hydrogen-bond acceptors (Lipinski definition) is 2. The molecule has 0 amide bonds. The van der Waals surface area contributed by atoms with Crippen molar-refractivity contribution < 1.29 is 22.6 Å². The summed E-state index contributed by atoms with van der Waals surface area (Å²) in [6, 6.07) is 58.4. The summed E-state index contributed by atoms with van der Waals surface area (Å²) in [7, 11) is 0. The fourth-order valence-corrected chi connectivity index (χ4v) is 14.3. The third kappa shape index (κ3) is 8.54. The van der Waals surface area contributed by atoms with Crippen molar-refractivity contribution in [2.24, 2.45) is 0 Å². The van der Waals surface area contributed by atoms with Crippen molar-refractivity contribution in [1.29, 1.82) is 0 Å². The number of ether oxygens (including phenoxy) is 1. The van der Waals surface area contributed by atoms with Crippen molar-refractivity contribution in [3.8, 4) is 61.7 Å². The Morgan fingerprint density at radius 3 is 1.46 bits per heavy atom. The normalized spacial score (nSPS) is 15.9. The van der Waals surface area contributed by atoms with E-state index in [0.717, 1.165) is 94.5 Å². The van der Waals surface area contributed by atoms with Gasteiger partial charge in [0.15, 0.2) is 0 Å². The van der Waals surface area contributed by atoms with Gasteiger partial charge in [0, 0.05) is 50.1 Å². The lowest BCUT2D eigenvalue weighted by Gasteiger charge is -2.50. The molecule has 0 unspecified atom stereocenters. The Kier molecular flexibility index (Phi) is 9.49. The van der Waals surface area contributed by atoms with E-state index in [1.807, 2.05) is 103 Å². The number of fused-ring (bicyclic) bond motifs is 13. The summed E-state index contributed by atoms with van der Waals surface area (Å²) in [5.74, 6) is 1.07. The van der Waals surface area contributed by atoms with Crippen molar-refractivity contribution in [1.82, 2.24) is 4.57 Å². The van der Waals surface area contributed by atoms with Crippen LogP contribution in [-0.4, -0.2) is 11.3 Å². The van der Waals surface area contributed by atoms with Crippen molar-refractivity contribution in [2.45, 2.75) is 84.0 Å². The van der Waals surface area contributed by atoms with E-state index in [9.17, 15) is 13.7 Å². The lowest BCUT2D eigenvalue weighted by Crippen LogP contribution is -2.65. The molecule has 4 heteroatoms. The van der Waals surface area contributed by atoms with E-state index >= 15 is 0 Å². The monoisotopic (exact) mass is 1160 g/mol. The molecule has 430 valence electrons. The van der Waals surface area contributed by atoms with Gasteiger partial charge in [-0.2, -0.15) is 0 Å². The first kappa shape index (κ1) is 42.1. The molecule has 13 aromatic rings. The van der Waals surface area contributed by atoms with E-state index in [4.69, 9.17) is 8.85 Å². The van der Waals surface area contributed by atoms with Crippen LogP contribution in [0.4, 0.5) is 17.1 Å². The highest BCUT2D eigenvalue weighted by molar-refractivity contribution is 6.99. The molecular formula is C85H71BN2O. The van der Waals surface area contributed by atoms with Crippen molar-refractivity contribution >= 4 is 62.0 Å². The molecule has 16 rings (SSSR count). The highest BCUT2D eigenvalue weighted by Gasteiger charge is 2.55. The SMILES string of the molecule is [2H]c1c([2H])c([2H])c(-c2ccc3c(c2)B2c4ccc(-c5cc(C(C)(C)C)cc(C(C)(C)C)c5)cc4N(c4c(-c5ccccc5)cc(C(C)(C)C)cc4-c4ccccc4)c4cc(-n5c6c([2H])c([2H])c([2H])c([2H])c6c6c([2H])c([2H])c([2H])c([2H])c65)cc(c42)C32c3ccccc3Oc3ccccc32)c([2H])c1[2H]. The molecule has 89 heavy (non-hydrogen) atoms. The number of rotatable bonds is 6. The van der Waals surface area contributed by atoms with Crippen LogP contribution in [0.5, 0.6) is 11.5 Å². The van der Waals surface area contributed by atoms with Crippen LogP contribution >= 0.6 is 0 Å². The molecule has 0 atom stereocenters. The Balaban J connectivity index is 1.19. The molecule has 0 bridgehead atoms. The summed E-state index contributed by atoms with van der Waals surface area (Å²) >= 11 is 0. The van der Waals surface area contributed by atoms with Gasteiger partial charge in [-0.1, -0.05) is 280 Å². The van der Waals surface area contributed by atoms with Gasteiger partial charge in [0.1, 0.15) is 11.5 Å². The Bertz CT molecular complexity index is 5560. The third-order valence-corrected chi connectivity index (χ3v) is 18.7.